The summed E-state index contributed by atoms with van der Waals surface area (Å²) in [6.07, 6.45) is -0.881. The fourth-order valence-corrected chi connectivity index (χ4v) is 2.50. The lowest BCUT2D eigenvalue weighted by atomic mass is 10.2. The standard InChI is InChI=1S/C13H18NO6P/c1-18-12(15)11(21(3,17)19-2)14-13(16)20-9-10-7-5-4-6-8-10/h4-8,11H,9H2,1-3H3,(H,14,16). The number of carbonyl (C=O) groups excluding carboxylic acids is 2. The lowest BCUT2D eigenvalue weighted by molar-refractivity contribution is -0.140. The van der Waals surface area contributed by atoms with Crippen molar-refractivity contribution in [1.29, 1.82) is 0 Å². The monoisotopic (exact) mass is 315 g/mol. The fourth-order valence-electron chi connectivity index (χ4n) is 1.46. The molecule has 0 aliphatic rings. The molecule has 7 nitrogen and oxygen atoms in total. The van der Waals surface area contributed by atoms with Gasteiger partial charge in [-0.25, -0.2) is 9.59 Å². The van der Waals surface area contributed by atoms with Crippen LogP contribution >= 0.6 is 7.37 Å². The van der Waals surface area contributed by atoms with Crippen LogP contribution in [0.4, 0.5) is 4.79 Å². The summed E-state index contributed by atoms with van der Waals surface area (Å²) in [6.45, 7) is 1.26. The minimum Gasteiger partial charge on any atom is -0.467 e. The maximum absolute atomic E-state index is 12.1. The van der Waals surface area contributed by atoms with Crippen LogP contribution in [0.5, 0.6) is 0 Å². The zero-order valence-electron chi connectivity index (χ0n) is 12.1. The number of ether oxygens (including phenoxy) is 2. The molecule has 8 heteroatoms. The van der Waals surface area contributed by atoms with Gasteiger partial charge in [0.15, 0.2) is 0 Å². The maximum atomic E-state index is 12.1. The molecule has 0 bridgehead atoms. The number of hydrogen-bond acceptors (Lipinski definition) is 6. The van der Waals surface area contributed by atoms with Gasteiger partial charge in [0, 0.05) is 13.8 Å². The highest BCUT2D eigenvalue weighted by Gasteiger charge is 2.37. The predicted octanol–water partition coefficient (Wildman–Crippen LogP) is 1.97. The van der Waals surface area contributed by atoms with Gasteiger partial charge < -0.3 is 14.0 Å². The normalized spacial score (nSPS) is 14.6. The molecule has 116 valence electrons. The zero-order valence-corrected chi connectivity index (χ0v) is 13.0. The van der Waals surface area contributed by atoms with Crippen molar-refractivity contribution in [3.63, 3.8) is 0 Å². The van der Waals surface area contributed by atoms with E-state index in [4.69, 9.17) is 9.26 Å². The van der Waals surface area contributed by atoms with Crippen LogP contribution in [0, 0.1) is 0 Å². The van der Waals surface area contributed by atoms with Gasteiger partial charge in [0.25, 0.3) is 0 Å². The first kappa shape index (κ1) is 17.2. The summed E-state index contributed by atoms with van der Waals surface area (Å²) >= 11 is 0. The zero-order chi connectivity index (χ0) is 15.9. The third kappa shape index (κ3) is 5.21. The van der Waals surface area contributed by atoms with Crippen molar-refractivity contribution in [2.75, 3.05) is 20.9 Å². The van der Waals surface area contributed by atoms with Gasteiger partial charge in [-0.2, -0.15) is 0 Å². The van der Waals surface area contributed by atoms with E-state index in [1.54, 1.807) is 24.3 Å². The van der Waals surface area contributed by atoms with E-state index in [1.165, 1.54) is 13.8 Å². The third-order valence-corrected chi connectivity index (χ3v) is 4.73. The minimum absolute atomic E-state index is 0.0293. The Morgan fingerprint density at radius 2 is 1.86 bits per heavy atom. The number of methoxy groups -OCH3 is 1. The molecule has 1 N–H and O–H groups in total. The van der Waals surface area contributed by atoms with Crippen molar-refractivity contribution in [3.05, 3.63) is 35.9 Å². The van der Waals surface area contributed by atoms with Gasteiger partial charge in [-0.15, -0.1) is 0 Å². The first-order chi connectivity index (χ1) is 9.90. The molecule has 2 atom stereocenters. The number of hydrogen-bond donors (Lipinski definition) is 1. The Bertz CT molecular complexity index is 533. The van der Waals surface area contributed by atoms with Crippen molar-refractivity contribution in [3.8, 4) is 0 Å². The highest BCUT2D eigenvalue weighted by molar-refractivity contribution is 7.59. The molecule has 21 heavy (non-hydrogen) atoms. The molecule has 0 aliphatic carbocycles. The number of rotatable bonds is 6. The molecule has 1 amide bonds. The molecular weight excluding hydrogens is 297 g/mol. The molecule has 1 aromatic carbocycles. The smallest absolute Gasteiger partial charge is 0.408 e. The number of esters is 1. The molecule has 2 unspecified atom stereocenters. The number of alkyl carbamates (subject to hydrolysis) is 1. The molecule has 0 saturated carbocycles. The topological polar surface area (TPSA) is 90.9 Å². The Kier molecular flexibility index (Phi) is 6.39. The minimum atomic E-state index is -3.39. The number of benzene rings is 1. The molecule has 0 aromatic heterocycles. The van der Waals surface area contributed by atoms with Gasteiger partial charge >= 0.3 is 12.1 Å². The summed E-state index contributed by atoms with van der Waals surface area (Å²) in [5.74, 6) is -2.27. The maximum Gasteiger partial charge on any atom is 0.408 e. The van der Waals surface area contributed by atoms with Crippen LogP contribution < -0.4 is 5.32 Å². The second kappa shape index (κ2) is 7.81. The first-order valence-electron chi connectivity index (χ1n) is 6.08. The second-order valence-electron chi connectivity index (χ2n) is 4.22. The van der Waals surface area contributed by atoms with E-state index in [0.29, 0.717) is 0 Å². The van der Waals surface area contributed by atoms with E-state index in [-0.39, 0.29) is 6.61 Å². The van der Waals surface area contributed by atoms with E-state index in [2.05, 4.69) is 10.1 Å². The van der Waals surface area contributed by atoms with Gasteiger partial charge in [-0.3, -0.25) is 9.88 Å². The second-order valence-corrected chi connectivity index (χ2v) is 6.92. The van der Waals surface area contributed by atoms with Crippen molar-refractivity contribution in [2.24, 2.45) is 0 Å². The van der Waals surface area contributed by atoms with Gasteiger partial charge in [-0.1, -0.05) is 30.3 Å². The Hall–Kier alpha value is -1.85. The highest BCUT2D eigenvalue weighted by Crippen LogP contribution is 2.46. The van der Waals surface area contributed by atoms with Crippen LogP contribution in [0.1, 0.15) is 5.56 Å². The van der Waals surface area contributed by atoms with E-state index in [9.17, 15) is 14.2 Å². The average molecular weight is 315 g/mol. The average Bonchev–Trinajstić information content (AvgIpc) is 2.50. The van der Waals surface area contributed by atoms with Gasteiger partial charge in [0.05, 0.1) is 7.11 Å². The molecule has 1 rings (SSSR count). The van der Waals surface area contributed by atoms with E-state index in [0.717, 1.165) is 12.7 Å². The Labute approximate surface area is 123 Å². The molecular formula is C13H18NO6P. The van der Waals surface area contributed by atoms with Crippen molar-refractivity contribution in [2.45, 2.75) is 12.4 Å². The van der Waals surface area contributed by atoms with Crippen LogP contribution in [0.2, 0.25) is 0 Å². The summed E-state index contributed by atoms with van der Waals surface area (Å²) < 4.78 is 26.3. The molecule has 0 spiro atoms. The van der Waals surface area contributed by atoms with E-state index >= 15 is 0 Å². The molecule has 0 fully saturated rings. The number of nitrogens with one attached hydrogen (secondary N) is 1. The van der Waals surface area contributed by atoms with Gasteiger partial charge in [-0.05, 0) is 5.56 Å². The fraction of sp³-hybridized carbons (Fsp3) is 0.385. The highest BCUT2D eigenvalue weighted by atomic mass is 31.2. The summed E-state index contributed by atoms with van der Waals surface area (Å²) in [7, 11) is -1.08. The Morgan fingerprint density at radius 3 is 2.38 bits per heavy atom. The summed E-state index contributed by atoms with van der Waals surface area (Å²) in [4.78, 5) is 23.3. The molecule has 0 radical (unpaired) electrons. The predicted molar refractivity (Wildman–Crippen MR) is 76.1 cm³/mol. The third-order valence-electron chi connectivity index (χ3n) is 2.72. The Morgan fingerprint density at radius 1 is 1.24 bits per heavy atom. The summed E-state index contributed by atoms with van der Waals surface area (Å²) in [5.41, 5.74) is 0.786. The quantitative estimate of drug-likeness (QED) is 0.637. The van der Waals surface area contributed by atoms with Crippen LogP contribution in [0.3, 0.4) is 0 Å². The van der Waals surface area contributed by atoms with Crippen LogP contribution in [0.15, 0.2) is 30.3 Å². The molecule has 1 aromatic rings. The van der Waals surface area contributed by atoms with Crippen molar-refractivity contribution in [1.82, 2.24) is 5.32 Å². The molecule has 0 aliphatic heterocycles. The first-order valence-corrected chi connectivity index (χ1v) is 8.22. The van der Waals surface area contributed by atoms with Gasteiger partial charge in [0.2, 0.25) is 13.2 Å². The Balaban J connectivity index is 2.64. The lowest BCUT2D eigenvalue weighted by Crippen LogP contribution is -2.41. The van der Waals surface area contributed by atoms with Crippen LogP contribution in [-0.4, -0.2) is 38.7 Å². The number of carbonyl (C=O) groups is 2. The molecule has 0 saturated heterocycles. The molecule has 0 heterocycles. The van der Waals surface area contributed by atoms with Crippen LogP contribution in [-0.2, 0) is 30.0 Å². The van der Waals surface area contributed by atoms with Crippen molar-refractivity contribution < 1.29 is 28.2 Å². The summed E-state index contributed by atoms with van der Waals surface area (Å²) in [5, 5.41) is 2.21. The van der Waals surface area contributed by atoms with Crippen LogP contribution in [0.25, 0.3) is 0 Å². The van der Waals surface area contributed by atoms with Crippen molar-refractivity contribution >= 4 is 19.4 Å². The summed E-state index contributed by atoms with van der Waals surface area (Å²) in [6, 6.07) is 9.01. The SMILES string of the molecule is COC(=O)C(NC(=O)OCc1ccccc1)P(C)(=O)OC. The van der Waals surface area contributed by atoms with Gasteiger partial charge in [0.1, 0.15) is 6.61 Å². The van der Waals surface area contributed by atoms with E-state index < -0.39 is 25.2 Å². The lowest BCUT2D eigenvalue weighted by Gasteiger charge is -2.21. The number of amides is 1. The van der Waals surface area contributed by atoms with E-state index in [1.807, 2.05) is 6.07 Å². The largest absolute Gasteiger partial charge is 0.467 e.